The number of benzene rings is 1. The van der Waals surface area contributed by atoms with Crippen LogP contribution in [0.5, 0.6) is 0 Å². The summed E-state index contributed by atoms with van der Waals surface area (Å²) in [6, 6.07) is 4.82. The molecule has 0 bridgehead atoms. The molecular formula is C19H18Cl2O4. The number of allylic oxidation sites excluding steroid dienone is 2. The zero-order chi connectivity index (χ0) is 18.1. The molecule has 0 saturated heterocycles. The molecule has 0 aliphatic heterocycles. The summed E-state index contributed by atoms with van der Waals surface area (Å²) in [5.74, 6) is -2.38. The lowest BCUT2D eigenvalue weighted by molar-refractivity contribution is -0.136. The van der Waals surface area contributed by atoms with Crippen LogP contribution in [0.1, 0.15) is 50.0 Å². The van der Waals surface area contributed by atoms with Gasteiger partial charge in [0.05, 0.1) is 21.7 Å². The van der Waals surface area contributed by atoms with E-state index in [1.54, 1.807) is 18.2 Å². The smallest absolute Gasteiger partial charge is 0.162 e. The van der Waals surface area contributed by atoms with Crippen LogP contribution in [0.15, 0.2) is 29.5 Å². The van der Waals surface area contributed by atoms with Gasteiger partial charge >= 0.3 is 0 Å². The second-order valence-corrected chi connectivity index (χ2v) is 7.37. The molecule has 4 nitrogen and oxygen atoms in total. The van der Waals surface area contributed by atoms with Gasteiger partial charge in [-0.2, -0.15) is 0 Å². The number of rotatable bonds is 3. The van der Waals surface area contributed by atoms with Crippen LogP contribution in [0.25, 0.3) is 0 Å². The Morgan fingerprint density at radius 3 is 2.16 bits per heavy atom. The van der Waals surface area contributed by atoms with Crippen LogP contribution in [-0.4, -0.2) is 22.5 Å². The third kappa shape index (κ3) is 3.51. The Bertz CT molecular complexity index is 766. The van der Waals surface area contributed by atoms with E-state index < -0.39 is 11.8 Å². The normalized spacial score (nSPS) is 21.0. The van der Waals surface area contributed by atoms with Crippen LogP contribution in [-0.2, 0) is 14.4 Å². The average molecular weight is 381 g/mol. The van der Waals surface area contributed by atoms with Crippen LogP contribution in [0.2, 0.25) is 10.0 Å². The summed E-state index contributed by atoms with van der Waals surface area (Å²) in [4.78, 5) is 37.6. The van der Waals surface area contributed by atoms with Gasteiger partial charge in [-0.1, -0.05) is 29.3 Å². The molecule has 2 aliphatic carbocycles. The van der Waals surface area contributed by atoms with Crippen molar-refractivity contribution in [2.24, 2.45) is 5.92 Å². The molecule has 0 heterocycles. The van der Waals surface area contributed by atoms with E-state index in [9.17, 15) is 19.5 Å². The number of aliphatic hydroxyl groups excluding tert-OH is 1. The van der Waals surface area contributed by atoms with Gasteiger partial charge in [-0.15, -0.1) is 0 Å². The minimum Gasteiger partial charge on any atom is -0.512 e. The highest BCUT2D eigenvalue weighted by Gasteiger charge is 2.42. The van der Waals surface area contributed by atoms with Gasteiger partial charge in [0, 0.05) is 37.2 Å². The van der Waals surface area contributed by atoms with Crippen LogP contribution in [0, 0.1) is 5.92 Å². The Balaban J connectivity index is 2.17. The van der Waals surface area contributed by atoms with E-state index >= 15 is 0 Å². The van der Waals surface area contributed by atoms with Crippen molar-refractivity contribution in [3.63, 3.8) is 0 Å². The molecule has 1 aromatic rings. The molecule has 3 rings (SSSR count). The van der Waals surface area contributed by atoms with Gasteiger partial charge < -0.3 is 5.11 Å². The van der Waals surface area contributed by atoms with Gasteiger partial charge in [0.25, 0.3) is 0 Å². The second-order valence-electron chi connectivity index (χ2n) is 6.55. The molecule has 1 N–H and O–H groups in total. The van der Waals surface area contributed by atoms with E-state index in [0.29, 0.717) is 49.1 Å². The maximum Gasteiger partial charge on any atom is 0.162 e. The Kier molecular flexibility index (Phi) is 5.30. The molecule has 0 spiro atoms. The summed E-state index contributed by atoms with van der Waals surface area (Å²) in [5, 5.41) is 11.0. The standard InChI is InChI=1S/C19H18Cl2O4/c20-11-8-7-10(9-12(11)21)17(18-13(22)3-1-4-14(18)23)19-15(24)5-2-6-16(19)25/h7-9,17-18,24H,1-6H2/t17-/m1/s1. The summed E-state index contributed by atoms with van der Waals surface area (Å²) in [6.07, 6.45) is 2.36. The van der Waals surface area contributed by atoms with Crippen molar-refractivity contribution in [2.45, 2.75) is 44.4 Å². The van der Waals surface area contributed by atoms with Gasteiger partial charge in [0.15, 0.2) is 5.78 Å². The quantitative estimate of drug-likeness (QED) is 0.778. The first kappa shape index (κ1) is 18.2. The molecule has 25 heavy (non-hydrogen) atoms. The predicted molar refractivity (Wildman–Crippen MR) is 95.1 cm³/mol. The van der Waals surface area contributed by atoms with E-state index in [1.807, 2.05) is 0 Å². The molecule has 0 radical (unpaired) electrons. The van der Waals surface area contributed by atoms with Crippen molar-refractivity contribution in [1.82, 2.24) is 0 Å². The fourth-order valence-corrected chi connectivity index (χ4v) is 4.04. The zero-order valence-corrected chi connectivity index (χ0v) is 15.1. The Labute approximate surface area is 155 Å². The lowest BCUT2D eigenvalue weighted by atomic mass is 9.69. The van der Waals surface area contributed by atoms with Crippen molar-refractivity contribution >= 4 is 40.6 Å². The average Bonchev–Trinajstić information content (AvgIpc) is 2.55. The van der Waals surface area contributed by atoms with Crippen LogP contribution in [0.4, 0.5) is 0 Å². The SMILES string of the molecule is O=C1CCCC(O)=C1[C@H](c1ccc(Cl)c(Cl)c1)C1C(=O)CCCC1=O. The number of carbonyl (C=O) groups is 3. The lowest BCUT2D eigenvalue weighted by Gasteiger charge is -2.32. The highest BCUT2D eigenvalue weighted by Crippen LogP contribution is 2.42. The molecule has 1 atom stereocenters. The van der Waals surface area contributed by atoms with Crippen molar-refractivity contribution in [3.05, 3.63) is 45.1 Å². The molecule has 0 aromatic heterocycles. The summed E-state index contributed by atoms with van der Waals surface area (Å²) in [5.41, 5.74) is 0.734. The van der Waals surface area contributed by atoms with E-state index in [1.165, 1.54) is 0 Å². The molecule has 6 heteroatoms. The maximum absolute atomic E-state index is 12.5. The van der Waals surface area contributed by atoms with Crippen molar-refractivity contribution < 1.29 is 19.5 Å². The second kappa shape index (κ2) is 7.30. The maximum atomic E-state index is 12.5. The topological polar surface area (TPSA) is 71.4 Å². The largest absolute Gasteiger partial charge is 0.512 e. The van der Waals surface area contributed by atoms with Gasteiger partial charge in [0.2, 0.25) is 0 Å². The predicted octanol–water partition coefficient (Wildman–Crippen LogP) is 4.58. The van der Waals surface area contributed by atoms with E-state index in [2.05, 4.69) is 0 Å². The highest BCUT2D eigenvalue weighted by molar-refractivity contribution is 6.42. The Morgan fingerprint density at radius 1 is 0.920 bits per heavy atom. The third-order valence-corrected chi connectivity index (χ3v) is 5.65. The van der Waals surface area contributed by atoms with E-state index in [0.717, 1.165) is 0 Å². The van der Waals surface area contributed by atoms with Gasteiger partial charge in [-0.25, -0.2) is 0 Å². The van der Waals surface area contributed by atoms with Crippen LogP contribution >= 0.6 is 23.2 Å². The summed E-state index contributed by atoms with van der Waals surface area (Å²) in [6.45, 7) is 0. The minimum absolute atomic E-state index is 0.0292. The van der Waals surface area contributed by atoms with Crippen LogP contribution in [0.3, 0.4) is 0 Å². The van der Waals surface area contributed by atoms with Crippen molar-refractivity contribution in [3.8, 4) is 0 Å². The molecule has 1 saturated carbocycles. The van der Waals surface area contributed by atoms with Crippen LogP contribution < -0.4 is 0 Å². The molecule has 132 valence electrons. The molecule has 2 aliphatic rings. The summed E-state index contributed by atoms with van der Waals surface area (Å²) in [7, 11) is 0. The summed E-state index contributed by atoms with van der Waals surface area (Å²) >= 11 is 12.1. The first-order chi connectivity index (χ1) is 11.9. The minimum atomic E-state index is -0.954. The summed E-state index contributed by atoms with van der Waals surface area (Å²) < 4.78 is 0. The number of Topliss-reactive ketones (excluding diaryl/α,β-unsaturated/α-hetero) is 3. The number of ketones is 3. The fraction of sp³-hybridized carbons (Fsp3) is 0.421. The lowest BCUT2D eigenvalue weighted by Crippen LogP contribution is -2.37. The number of halogens is 2. The fourth-order valence-electron chi connectivity index (χ4n) is 3.73. The molecular weight excluding hydrogens is 363 g/mol. The monoisotopic (exact) mass is 380 g/mol. The zero-order valence-electron chi connectivity index (χ0n) is 13.6. The van der Waals surface area contributed by atoms with Gasteiger partial charge in [-0.3, -0.25) is 14.4 Å². The number of hydrogen-bond acceptors (Lipinski definition) is 4. The molecule has 1 fully saturated rings. The van der Waals surface area contributed by atoms with Crippen molar-refractivity contribution in [2.75, 3.05) is 0 Å². The number of hydrogen-bond donors (Lipinski definition) is 1. The van der Waals surface area contributed by atoms with Gasteiger partial charge in [-0.05, 0) is 30.5 Å². The Hall–Kier alpha value is -1.65. The molecule has 0 unspecified atom stereocenters. The first-order valence-corrected chi connectivity index (χ1v) is 9.11. The van der Waals surface area contributed by atoms with E-state index in [4.69, 9.17) is 23.2 Å². The molecule has 1 aromatic carbocycles. The highest BCUT2D eigenvalue weighted by atomic mass is 35.5. The third-order valence-electron chi connectivity index (χ3n) is 4.92. The molecule has 0 amide bonds. The van der Waals surface area contributed by atoms with Crippen molar-refractivity contribution in [1.29, 1.82) is 0 Å². The Morgan fingerprint density at radius 2 is 1.56 bits per heavy atom. The first-order valence-electron chi connectivity index (χ1n) is 8.35. The number of carbonyl (C=O) groups excluding carboxylic acids is 3. The van der Waals surface area contributed by atoms with Gasteiger partial charge in [0.1, 0.15) is 11.6 Å². The number of aliphatic hydroxyl groups is 1. The van der Waals surface area contributed by atoms with E-state index in [-0.39, 0.29) is 33.7 Å².